The average Bonchev–Trinajstić information content (AvgIpc) is 3.47. The summed E-state index contributed by atoms with van der Waals surface area (Å²) in [5, 5.41) is 7.14. The van der Waals surface area contributed by atoms with Crippen molar-refractivity contribution in [3.8, 4) is 0 Å². The minimum Gasteiger partial charge on any atom is -0.357 e. The van der Waals surface area contributed by atoms with Gasteiger partial charge in [-0.15, -0.1) is 24.0 Å². The van der Waals surface area contributed by atoms with Crippen LogP contribution in [-0.2, 0) is 13.1 Å². The highest BCUT2D eigenvalue weighted by atomic mass is 127. The fourth-order valence-electron chi connectivity index (χ4n) is 5.20. The molecule has 3 fully saturated rings. The minimum absolute atomic E-state index is 0. The van der Waals surface area contributed by atoms with E-state index in [0.717, 1.165) is 38.2 Å². The van der Waals surface area contributed by atoms with Crippen LogP contribution < -0.4 is 10.6 Å². The first-order chi connectivity index (χ1) is 15.2. The number of benzene rings is 1. The molecule has 2 saturated heterocycles. The van der Waals surface area contributed by atoms with E-state index in [2.05, 4.69) is 63.6 Å². The van der Waals surface area contributed by atoms with Gasteiger partial charge < -0.3 is 15.5 Å². The highest BCUT2D eigenvalue weighted by Crippen LogP contribution is 2.26. The van der Waals surface area contributed by atoms with Gasteiger partial charge in [-0.1, -0.05) is 37.1 Å². The van der Waals surface area contributed by atoms with E-state index < -0.39 is 0 Å². The summed E-state index contributed by atoms with van der Waals surface area (Å²) < 4.78 is 0. The number of likely N-dealkylation sites (N-methyl/N-ethyl adjacent to an activating group) is 1. The number of hydrogen-bond donors (Lipinski definition) is 2. The Morgan fingerprint density at radius 3 is 2.34 bits per heavy atom. The van der Waals surface area contributed by atoms with Crippen molar-refractivity contribution in [2.75, 3.05) is 52.9 Å². The topological polar surface area (TPSA) is 46.1 Å². The summed E-state index contributed by atoms with van der Waals surface area (Å²) in [5.41, 5.74) is 2.68. The van der Waals surface area contributed by atoms with Gasteiger partial charge in [-0.2, -0.15) is 0 Å². The van der Waals surface area contributed by atoms with Crippen LogP contribution in [0.15, 0.2) is 29.3 Å². The maximum absolute atomic E-state index is 4.88. The first-order valence-electron chi connectivity index (χ1n) is 12.5. The lowest BCUT2D eigenvalue weighted by molar-refractivity contribution is 0.148. The third-order valence-corrected chi connectivity index (χ3v) is 7.19. The molecule has 1 unspecified atom stereocenters. The first kappa shape index (κ1) is 25.7. The molecule has 1 aromatic carbocycles. The zero-order chi connectivity index (χ0) is 21.5. The van der Waals surface area contributed by atoms with Crippen molar-refractivity contribution < 1.29 is 0 Å². The number of aliphatic imine (C=N–C) groups is 1. The average molecular weight is 555 g/mol. The number of halogens is 1. The van der Waals surface area contributed by atoms with Crippen molar-refractivity contribution in [2.24, 2.45) is 4.99 Å². The molecular weight excluding hydrogens is 511 g/mol. The molecule has 2 N–H and O–H groups in total. The van der Waals surface area contributed by atoms with Gasteiger partial charge >= 0.3 is 0 Å². The molecular formula is C25H43IN6. The van der Waals surface area contributed by atoms with Gasteiger partial charge in [0.05, 0.1) is 6.54 Å². The second-order valence-corrected chi connectivity index (χ2v) is 9.65. The molecule has 4 rings (SSSR count). The van der Waals surface area contributed by atoms with Crippen LogP contribution in [0.3, 0.4) is 0 Å². The predicted molar refractivity (Wildman–Crippen MR) is 145 cm³/mol. The van der Waals surface area contributed by atoms with E-state index in [0.29, 0.717) is 6.04 Å². The molecule has 32 heavy (non-hydrogen) atoms. The molecule has 0 aromatic heterocycles. The number of piperazine rings is 1. The minimum atomic E-state index is 0. The Morgan fingerprint density at radius 1 is 0.969 bits per heavy atom. The second-order valence-electron chi connectivity index (χ2n) is 9.65. The largest absolute Gasteiger partial charge is 0.357 e. The summed E-state index contributed by atoms with van der Waals surface area (Å²) in [7, 11) is 2.21. The second kappa shape index (κ2) is 13.1. The molecule has 0 amide bonds. The molecule has 7 heteroatoms. The van der Waals surface area contributed by atoms with Crippen molar-refractivity contribution >= 4 is 29.9 Å². The van der Waals surface area contributed by atoms with Gasteiger partial charge in [0, 0.05) is 64.4 Å². The van der Waals surface area contributed by atoms with E-state index in [4.69, 9.17) is 4.99 Å². The standard InChI is InChI=1S/C25H42N6.HI/c1-3-26-25(28-23-12-13-31(20-23)24-6-4-5-7-24)27-18-21-8-10-22(11-9-21)19-30-16-14-29(2)15-17-30;/h8-11,23-24H,3-7,12-20H2,1-2H3,(H2,26,27,28);1H. The molecule has 0 spiro atoms. The number of rotatable bonds is 7. The molecule has 1 atom stereocenters. The zero-order valence-electron chi connectivity index (χ0n) is 20.1. The summed E-state index contributed by atoms with van der Waals surface area (Å²) in [5.74, 6) is 0.960. The normalized spacial score (nSPS) is 23.9. The molecule has 1 aliphatic carbocycles. The summed E-state index contributed by atoms with van der Waals surface area (Å²) in [6.45, 7) is 11.9. The van der Waals surface area contributed by atoms with Gasteiger partial charge in [0.25, 0.3) is 0 Å². The molecule has 3 aliphatic rings. The highest BCUT2D eigenvalue weighted by molar-refractivity contribution is 14.0. The summed E-state index contributed by atoms with van der Waals surface area (Å²) >= 11 is 0. The van der Waals surface area contributed by atoms with E-state index >= 15 is 0 Å². The number of likely N-dealkylation sites (tertiary alicyclic amines) is 1. The maximum atomic E-state index is 4.88. The molecule has 1 aromatic rings. The number of nitrogens with one attached hydrogen (secondary N) is 2. The lowest BCUT2D eigenvalue weighted by atomic mass is 10.1. The van der Waals surface area contributed by atoms with Crippen molar-refractivity contribution in [1.29, 1.82) is 0 Å². The number of guanidine groups is 1. The Bertz CT molecular complexity index is 695. The molecule has 0 radical (unpaired) electrons. The van der Waals surface area contributed by atoms with Crippen molar-refractivity contribution in [3.05, 3.63) is 35.4 Å². The predicted octanol–water partition coefficient (Wildman–Crippen LogP) is 3.12. The molecule has 2 heterocycles. The molecule has 2 aliphatic heterocycles. The summed E-state index contributed by atoms with van der Waals surface area (Å²) in [6.07, 6.45) is 6.84. The van der Waals surface area contributed by atoms with Crippen LogP contribution in [-0.4, -0.2) is 85.6 Å². The fraction of sp³-hybridized carbons (Fsp3) is 0.720. The van der Waals surface area contributed by atoms with E-state index in [1.165, 1.54) is 76.0 Å². The Balaban J connectivity index is 0.00000289. The quantitative estimate of drug-likeness (QED) is 0.308. The van der Waals surface area contributed by atoms with Crippen molar-refractivity contribution in [1.82, 2.24) is 25.3 Å². The first-order valence-corrected chi connectivity index (χ1v) is 12.5. The van der Waals surface area contributed by atoms with Gasteiger partial charge in [0.2, 0.25) is 0 Å². The van der Waals surface area contributed by atoms with E-state index in [9.17, 15) is 0 Å². The monoisotopic (exact) mass is 554 g/mol. The van der Waals surface area contributed by atoms with Crippen LogP contribution in [0.1, 0.15) is 50.2 Å². The molecule has 180 valence electrons. The Hall–Kier alpha value is -0.900. The third kappa shape index (κ3) is 7.57. The van der Waals surface area contributed by atoms with Gasteiger partial charge in [-0.25, -0.2) is 4.99 Å². The van der Waals surface area contributed by atoms with Crippen LogP contribution in [0.5, 0.6) is 0 Å². The number of hydrogen-bond acceptors (Lipinski definition) is 4. The van der Waals surface area contributed by atoms with E-state index in [-0.39, 0.29) is 24.0 Å². The Kier molecular flexibility index (Phi) is 10.5. The lowest BCUT2D eigenvalue weighted by Gasteiger charge is -2.32. The van der Waals surface area contributed by atoms with Gasteiger partial charge in [0.15, 0.2) is 5.96 Å². The molecule has 0 bridgehead atoms. The Morgan fingerprint density at radius 2 is 1.66 bits per heavy atom. The fourth-order valence-corrected chi connectivity index (χ4v) is 5.20. The maximum Gasteiger partial charge on any atom is 0.191 e. The Labute approximate surface area is 212 Å². The van der Waals surface area contributed by atoms with Crippen LogP contribution in [0.2, 0.25) is 0 Å². The highest BCUT2D eigenvalue weighted by Gasteiger charge is 2.30. The van der Waals surface area contributed by atoms with E-state index in [1.807, 2.05) is 0 Å². The lowest BCUT2D eigenvalue weighted by Crippen LogP contribution is -2.45. The van der Waals surface area contributed by atoms with E-state index in [1.54, 1.807) is 0 Å². The smallest absolute Gasteiger partial charge is 0.191 e. The van der Waals surface area contributed by atoms with Crippen LogP contribution in [0.25, 0.3) is 0 Å². The van der Waals surface area contributed by atoms with Crippen LogP contribution in [0.4, 0.5) is 0 Å². The third-order valence-electron chi connectivity index (χ3n) is 7.19. The van der Waals surface area contributed by atoms with Gasteiger partial charge in [0.1, 0.15) is 0 Å². The number of nitrogens with zero attached hydrogens (tertiary/aromatic N) is 4. The van der Waals surface area contributed by atoms with Crippen molar-refractivity contribution in [3.63, 3.8) is 0 Å². The van der Waals surface area contributed by atoms with Crippen LogP contribution in [0, 0.1) is 0 Å². The van der Waals surface area contributed by atoms with Gasteiger partial charge in [-0.3, -0.25) is 9.80 Å². The zero-order valence-corrected chi connectivity index (χ0v) is 22.4. The molecule has 1 saturated carbocycles. The summed E-state index contributed by atoms with van der Waals surface area (Å²) in [6, 6.07) is 10.4. The summed E-state index contributed by atoms with van der Waals surface area (Å²) in [4.78, 5) is 12.5. The van der Waals surface area contributed by atoms with Crippen LogP contribution >= 0.6 is 24.0 Å². The van der Waals surface area contributed by atoms with Gasteiger partial charge in [-0.05, 0) is 44.4 Å². The SMILES string of the molecule is CCNC(=NCc1ccc(CN2CCN(C)CC2)cc1)NC1CCN(C2CCCC2)C1.I. The molecule has 6 nitrogen and oxygen atoms in total. The van der Waals surface area contributed by atoms with Crippen molar-refractivity contribution in [2.45, 2.75) is 64.2 Å².